The molecule has 2 aromatic carbocycles. The lowest BCUT2D eigenvalue weighted by molar-refractivity contribution is 0.340. The quantitative estimate of drug-likeness (QED) is 0.898. The Kier molecular flexibility index (Phi) is 2.94. The summed E-state index contributed by atoms with van der Waals surface area (Å²) in [4.78, 5) is 0. The van der Waals surface area contributed by atoms with Gasteiger partial charge in [0.05, 0.1) is 6.61 Å². The fraction of sp³-hybridized carbons (Fsp3) is 0.294. The van der Waals surface area contributed by atoms with Gasteiger partial charge >= 0.3 is 0 Å². The van der Waals surface area contributed by atoms with E-state index in [1.807, 2.05) is 6.92 Å². The van der Waals surface area contributed by atoms with Crippen molar-refractivity contribution >= 4 is 5.69 Å². The zero-order valence-corrected chi connectivity index (χ0v) is 11.4. The van der Waals surface area contributed by atoms with E-state index in [2.05, 4.69) is 60.8 Å². The number of nitrogens with one attached hydrogen (secondary N) is 1. The molecule has 0 radical (unpaired) electrons. The Morgan fingerprint density at radius 3 is 2.58 bits per heavy atom. The van der Waals surface area contributed by atoms with Crippen molar-refractivity contribution in [1.29, 1.82) is 0 Å². The van der Waals surface area contributed by atoms with Gasteiger partial charge in [0.25, 0.3) is 0 Å². The lowest BCUT2D eigenvalue weighted by atomic mass is 9.78. The van der Waals surface area contributed by atoms with Crippen LogP contribution in [0.2, 0.25) is 0 Å². The predicted octanol–water partition coefficient (Wildman–Crippen LogP) is 3.82. The van der Waals surface area contributed by atoms with Crippen LogP contribution in [0.5, 0.6) is 5.75 Å². The second-order valence-electron chi connectivity index (χ2n) is 5.19. The van der Waals surface area contributed by atoms with Crippen LogP contribution in [-0.4, -0.2) is 13.2 Å². The van der Waals surface area contributed by atoms with Crippen molar-refractivity contribution in [2.45, 2.75) is 19.3 Å². The van der Waals surface area contributed by atoms with Gasteiger partial charge in [0, 0.05) is 17.6 Å². The van der Waals surface area contributed by atoms with Crippen molar-refractivity contribution in [2.75, 3.05) is 18.5 Å². The Morgan fingerprint density at radius 1 is 1.11 bits per heavy atom. The van der Waals surface area contributed by atoms with Crippen LogP contribution in [0.4, 0.5) is 5.69 Å². The first-order chi connectivity index (χ1) is 9.24. The Balaban J connectivity index is 1.98. The third-order valence-corrected chi connectivity index (χ3v) is 3.96. The number of hydrogen-bond acceptors (Lipinski definition) is 2. The average Bonchev–Trinajstić information content (AvgIpc) is 2.80. The Hall–Kier alpha value is -1.96. The number of benzene rings is 2. The number of ether oxygens (including phenoxy) is 1. The van der Waals surface area contributed by atoms with Gasteiger partial charge in [0.15, 0.2) is 0 Å². The zero-order chi connectivity index (χ0) is 13.3. The van der Waals surface area contributed by atoms with Gasteiger partial charge in [-0.25, -0.2) is 0 Å². The van der Waals surface area contributed by atoms with Crippen molar-refractivity contribution in [3.63, 3.8) is 0 Å². The molecular weight excluding hydrogens is 234 g/mol. The van der Waals surface area contributed by atoms with Gasteiger partial charge in [-0.15, -0.1) is 0 Å². The van der Waals surface area contributed by atoms with Crippen molar-refractivity contribution in [1.82, 2.24) is 0 Å². The summed E-state index contributed by atoms with van der Waals surface area (Å²) in [5, 5.41) is 3.50. The molecule has 2 heteroatoms. The number of fused-ring (bicyclic) bond motifs is 1. The number of anilines is 1. The lowest BCUT2D eigenvalue weighted by Gasteiger charge is -2.25. The molecule has 3 rings (SSSR count). The van der Waals surface area contributed by atoms with Gasteiger partial charge in [0.2, 0.25) is 0 Å². The van der Waals surface area contributed by atoms with E-state index in [0.29, 0.717) is 6.61 Å². The maximum absolute atomic E-state index is 5.51. The van der Waals surface area contributed by atoms with Crippen LogP contribution < -0.4 is 10.1 Å². The molecule has 1 unspecified atom stereocenters. The Bertz CT molecular complexity index is 576. The molecule has 1 atom stereocenters. The van der Waals surface area contributed by atoms with Crippen molar-refractivity contribution in [3.8, 4) is 5.75 Å². The normalized spacial score (nSPS) is 20.7. The highest BCUT2D eigenvalue weighted by atomic mass is 16.5. The summed E-state index contributed by atoms with van der Waals surface area (Å²) in [6, 6.07) is 17.0. The Morgan fingerprint density at radius 2 is 1.84 bits per heavy atom. The second kappa shape index (κ2) is 4.61. The highest BCUT2D eigenvalue weighted by molar-refractivity contribution is 5.63. The molecule has 2 aromatic rings. The van der Waals surface area contributed by atoms with E-state index in [4.69, 9.17) is 4.74 Å². The summed E-state index contributed by atoms with van der Waals surface area (Å²) >= 11 is 0. The zero-order valence-electron chi connectivity index (χ0n) is 11.4. The first-order valence-corrected chi connectivity index (χ1v) is 6.81. The van der Waals surface area contributed by atoms with E-state index >= 15 is 0 Å². The van der Waals surface area contributed by atoms with E-state index in [-0.39, 0.29) is 5.41 Å². The molecule has 0 bridgehead atoms. The molecule has 0 fully saturated rings. The molecule has 0 aromatic heterocycles. The largest absolute Gasteiger partial charge is 0.494 e. The topological polar surface area (TPSA) is 21.3 Å². The van der Waals surface area contributed by atoms with Gasteiger partial charge in [-0.3, -0.25) is 0 Å². The predicted molar refractivity (Wildman–Crippen MR) is 79.0 cm³/mol. The fourth-order valence-electron chi connectivity index (χ4n) is 2.83. The van der Waals surface area contributed by atoms with Crippen molar-refractivity contribution in [3.05, 3.63) is 59.7 Å². The van der Waals surface area contributed by atoms with E-state index in [1.54, 1.807) is 0 Å². The standard InChI is InChI=1S/C17H19NO/c1-3-19-14-10-8-13(9-11-14)17(2)12-18-16-7-5-4-6-15(16)17/h4-11,18H,3,12H2,1-2H3. The number of para-hydroxylation sites is 1. The van der Waals surface area contributed by atoms with Gasteiger partial charge in [-0.05, 0) is 43.2 Å². The van der Waals surface area contributed by atoms with Crippen molar-refractivity contribution in [2.24, 2.45) is 0 Å². The average molecular weight is 253 g/mol. The van der Waals surface area contributed by atoms with E-state index < -0.39 is 0 Å². The SMILES string of the molecule is CCOc1ccc(C2(C)CNc3ccccc32)cc1. The molecule has 1 N–H and O–H groups in total. The highest BCUT2D eigenvalue weighted by Gasteiger charge is 2.35. The molecular formula is C17H19NO. The monoisotopic (exact) mass is 253 g/mol. The summed E-state index contributed by atoms with van der Waals surface area (Å²) in [7, 11) is 0. The van der Waals surface area contributed by atoms with E-state index in [9.17, 15) is 0 Å². The third-order valence-electron chi connectivity index (χ3n) is 3.96. The number of rotatable bonds is 3. The fourth-order valence-corrected chi connectivity index (χ4v) is 2.83. The minimum Gasteiger partial charge on any atom is -0.494 e. The van der Waals surface area contributed by atoms with E-state index in [1.165, 1.54) is 16.8 Å². The lowest BCUT2D eigenvalue weighted by Crippen LogP contribution is -2.25. The van der Waals surface area contributed by atoms with Crippen LogP contribution >= 0.6 is 0 Å². The molecule has 0 amide bonds. The molecule has 0 saturated heterocycles. The molecule has 0 spiro atoms. The summed E-state index contributed by atoms with van der Waals surface area (Å²) in [5.74, 6) is 0.939. The van der Waals surface area contributed by atoms with Crippen molar-refractivity contribution < 1.29 is 4.74 Å². The molecule has 2 nitrogen and oxygen atoms in total. The smallest absolute Gasteiger partial charge is 0.119 e. The van der Waals surface area contributed by atoms with Crippen LogP contribution in [0.1, 0.15) is 25.0 Å². The molecule has 0 saturated carbocycles. The van der Waals surface area contributed by atoms with Crippen LogP contribution in [0.15, 0.2) is 48.5 Å². The molecule has 19 heavy (non-hydrogen) atoms. The highest BCUT2D eigenvalue weighted by Crippen LogP contribution is 2.41. The number of hydrogen-bond donors (Lipinski definition) is 1. The molecule has 1 heterocycles. The summed E-state index contributed by atoms with van der Waals surface area (Å²) in [6.45, 7) is 5.95. The van der Waals surface area contributed by atoms with Crippen LogP contribution in [0.25, 0.3) is 0 Å². The van der Waals surface area contributed by atoms with Gasteiger partial charge in [0.1, 0.15) is 5.75 Å². The molecule has 1 aliphatic rings. The van der Waals surface area contributed by atoms with Crippen LogP contribution in [0, 0.1) is 0 Å². The molecule has 1 aliphatic heterocycles. The van der Waals surface area contributed by atoms with Crippen LogP contribution in [0.3, 0.4) is 0 Å². The Labute approximate surface area is 114 Å². The molecule has 0 aliphatic carbocycles. The first kappa shape index (κ1) is 12.1. The summed E-state index contributed by atoms with van der Waals surface area (Å²) < 4.78 is 5.51. The minimum atomic E-state index is 0.0430. The summed E-state index contributed by atoms with van der Waals surface area (Å²) in [6.07, 6.45) is 0. The summed E-state index contributed by atoms with van der Waals surface area (Å²) in [5.41, 5.74) is 3.99. The van der Waals surface area contributed by atoms with Gasteiger partial charge in [-0.2, -0.15) is 0 Å². The maximum atomic E-state index is 5.51. The second-order valence-corrected chi connectivity index (χ2v) is 5.19. The first-order valence-electron chi connectivity index (χ1n) is 6.81. The maximum Gasteiger partial charge on any atom is 0.119 e. The van der Waals surface area contributed by atoms with Crippen LogP contribution in [-0.2, 0) is 5.41 Å². The van der Waals surface area contributed by atoms with Gasteiger partial charge < -0.3 is 10.1 Å². The third kappa shape index (κ3) is 1.97. The minimum absolute atomic E-state index is 0.0430. The molecule has 98 valence electrons. The van der Waals surface area contributed by atoms with Gasteiger partial charge in [-0.1, -0.05) is 30.3 Å². The van der Waals surface area contributed by atoms with E-state index in [0.717, 1.165) is 12.3 Å².